The number of carboxylic acid groups (broad SMARTS) is 1. The summed E-state index contributed by atoms with van der Waals surface area (Å²) in [4.78, 5) is 23.3. The first-order valence-corrected chi connectivity index (χ1v) is 7.22. The second-order valence-corrected chi connectivity index (χ2v) is 5.05. The molecule has 1 unspecified atom stereocenters. The second kappa shape index (κ2) is 6.72. The van der Waals surface area contributed by atoms with E-state index in [0.29, 0.717) is 11.4 Å². The van der Waals surface area contributed by atoms with Crippen molar-refractivity contribution in [3.05, 3.63) is 60.2 Å². The average molecular weight is 333 g/mol. The molecule has 0 aromatic heterocycles. The minimum Gasteiger partial charge on any atom is -0.478 e. The Morgan fingerprint density at radius 2 is 1.84 bits per heavy atom. The number of aromatic carboxylic acids is 1. The third-order valence-corrected chi connectivity index (χ3v) is 3.43. The molecular weight excluding hydrogens is 322 g/mol. The summed E-state index contributed by atoms with van der Waals surface area (Å²) < 4.78 is 0. The van der Waals surface area contributed by atoms with Gasteiger partial charge in [0.15, 0.2) is 5.71 Å². The number of hydrogen-bond acceptors (Lipinski definition) is 6. The molecule has 0 saturated carbocycles. The SMILES string of the molecule is N#CC1=NN(c2ccccc2)C(=O)C1N=Nc1ccc(C(=O)O)cc1. The second-order valence-electron chi connectivity index (χ2n) is 5.05. The van der Waals surface area contributed by atoms with Crippen molar-refractivity contribution in [1.29, 1.82) is 5.26 Å². The molecule has 0 fully saturated rings. The lowest BCUT2D eigenvalue weighted by Crippen LogP contribution is -2.30. The van der Waals surface area contributed by atoms with Crippen LogP contribution >= 0.6 is 0 Å². The van der Waals surface area contributed by atoms with Crippen LogP contribution in [0.2, 0.25) is 0 Å². The van der Waals surface area contributed by atoms with Gasteiger partial charge >= 0.3 is 5.97 Å². The number of anilines is 1. The number of azo groups is 1. The van der Waals surface area contributed by atoms with Crippen molar-refractivity contribution >= 4 is 29.0 Å². The molecule has 2 aromatic carbocycles. The summed E-state index contributed by atoms with van der Waals surface area (Å²) >= 11 is 0. The highest BCUT2D eigenvalue weighted by molar-refractivity contribution is 6.24. The van der Waals surface area contributed by atoms with Crippen molar-refractivity contribution in [2.24, 2.45) is 15.3 Å². The fraction of sp³-hybridized carbons (Fsp3) is 0.0588. The quantitative estimate of drug-likeness (QED) is 0.865. The maximum Gasteiger partial charge on any atom is 0.335 e. The fourth-order valence-electron chi connectivity index (χ4n) is 2.18. The molecule has 122 valence electrons. The molecule has 0 bridgehead atoms. The van der Waals surface area contributed by atoms with Crippen molar-refractivity contribution in [2.45, 2.75) is 6.04 Å². The zero-order chi connectivity index (χ0) is 17.8. The first kappa shape index (κ1) is 16.0. The van der Waals surface area contributed by atoms with Crippen molar-refractivity contribution in [3.8, 4) is 6.07 Å². The van der Waals surface area contributed by atoms with Gasteiger partial charge in [-0.3, -0.25) is 4.79 Å². The maximum absolute atomic E-state index is 12.5. The Hall–Kier alpha value is -3.86. The fourth-order valence-corrected chi connectivity index (χ4v) is 2.18. The van der Waals surface area contributed by atoms with Crippen LogP contribution in [-0.4, -0.2) is 28.7 Å². The minimum absolute atomic E-state index is 0.0558. The normalized spacial score (nSPS) is 16.8. The number of rotatable bonds is 4. The van der Waals surface area contributed by atoms with Gasteiger partial charge in [-0.05, 0) is 36.4 Å². The number of para-hydroxylation sites is 1. The van der Waals surface area contributed by atoms with Crippen LogP contribution in [0.1, 0.15) is 10.4 Å². The van der Waals surface area contributed by atoms with Crippen molar-refractivity contribution in [3.63, 3.8) is 0 Å². The van der Waals surface area contributed by atoms with Gasteiger partial charge in [0.1, 0.15) is 6.07 Å². The smallest absolute Gasteiger partial charge is 0.335 e. The van der Waals surface area contributed by atoms with Gasteiger partial charge in [0, 0.05) is 0 Å². The Morgan fingerprint density at radius 1 is 1.16 bits per heavy atom. The molecular formula is C17H11N5O3. The van der Waals surface area contributed by atoms with Crippen molar-refractivity contribution < 1.29 is 14.7 Å². The third kappa shape index (κ3) is 3.25. The summed E-state index contributed by atoms with van der Waals surface area (Å²) in [5.41, 5.74) is 0.960. The van der Waals surface area contributed by atoms with Crippen LogP contribution in [-0.2, 0) is 4.79 Å². The molecule has 2 aromatic rings. The lowest BCUT2D eigenvalue weighted by molar-refractivity contribution is -0.117. The van der Waals surface area contributed by atoms with Gasteiger partial charge in [0.05, 0.1) is 16.9 Å². The van der Waals surface area contributed by atoms with Gasteiger partial charge in [-0.15, -0.1) is 0 Å². The standard InChI is InChI=1S/C17H11N5O3/c18-10-14-15(16(23)22(21-14)13-4-2-1-3-5-13)20-19-12-8-6-11(7-9-12)17(24)25/h1-9,15H,(H,24,25). The molecule has 25 heavy (non-hydrogen) atoms. The summed E-state index contributed by atoms with van der Waals surface area (Å²) in [6.45, 7) is 0. The van der Waals surface area contributed by atoms with Crippen LogP contribution in [0.5, 0.6) is 0 Å². The number of carbonyl (C=O) groups excluding carboxylic acids is 1. The molecule has 8 nitrogen and oxygen atoms in total. The van der Waals surface area contributed by atoms with E-state index in [4.69, 9.17) is 5.11 Å². The number of benzene rings is 2. The predicted octanol–water partition coefficient (Wildman–Crippen LogP) is 2.76. The van der Waals surface area contributed by atoms with Crippen LogP contribution in [0.15, 0.2) is 69.9 Å². The van der Waals surface area contributed by atoms with Crippen LogP contribution in [0, 0.1) is 11.3 Å². The highest BCUT2D eigenvalue weighted by Crippen LogP contribution is 2.23. The van der Waals surface area contributed by atoms with Crippen LogP contribution in [0.3, 0.4) is 0 Å². The van der Waals surface area contributed by atoms with E-state index < -0.39 is 17.9 Å². The van der Waals surface area contributed by atoms with E-state index in [2.05, 4.69) is 15.3 Å². The van der Waals surface area contributed by atoms with Gasteiger partial charge in [0.2, 0.25) is 6.04 Å². The average Bonchev–Trinajstić information content (AvgIpc) is 2.96. The van der Waals surface area contributed by atoms with Gasteiger partial charge < -0.3 is 5.11 Å². The molecule has 0 saturated heterocycles. The Labute approximate surface area is 142 Å². The largest absolute Gasteiger partial charge is 0.478 e. The zero-order valence-corrected chi connectivity index (χ0v) is 12.8. The van der Waals surface area contributed by atoms with Gasteiger partial charge in [-0.2, -0.15) is 25.6 Å². The number of nitrogens with zero attached hydrogens (tertiary/aromatic N) is 5. The Bertz CT molecular complexity index is 914. The van der Waals surface area contributed by atoms with Gasteiger partial charge in [-0.1, -0.05) is 18.2 Å². The van der Waals surface area contributed by atoms with Gasteiger partial charge in [-0.25, -0.2) is 4.79 Å². The van der Waals surface area contributed by atoms with E-state index in [9.17, 15) is 14.9 Å². The maximum atomic E-state index is 12.5. The van der Waals surface area contributed by atoms with Crippen molar-refractivity contribution in [2.75, 3.05) is 5.01 Å². The monoisotopic (exact) mass is 333 g/mol. The first-order valence-electron chi connectivity index (χ1n) is 7.22. The molecule has 0 aliphatic carbocycles. The highest BCUT2D eigenvalue weighted by Gasteiger charge is 2.37. The van der Waals surface area contributed by atoms with Crippen LogP contribution in [0.25, 0.3) is 0 Å². The summed E-state index contributed by atoms with van der Waals surface area (Å²) in [7, 11) is 0. The van der Waals surface area contributed by atoms with E-state index in [1.807, 2.05) is 6.07 Å². The van der Waals surface area contributed by atoms with E-state index in [1.54, 1.807) is 30.3 Å². The van der Waals surface area contributed by atoms with Crippen LogP contribution in [0.4, 0.5) is 11.4 Å². The molecule has 1 amide bonds. The molecule has 0 radical (unpaired) electrons. The van der Waals surface area contributed by atoms with Crippen LogP contribution < -0.4 is 5.01 Å². The molecule has 3 rings (SSSR count). The molecule has 1 aliphatic rings. The number of nitriles is 1. The molecule has 1 heterocycles. The number of hydrogen-bond donors (Lipinski definition) is 1. The predicted molar refractivity (Wildman–Crippen MR) is 88.7 cm³/mol. The molecule has 8 heteroatoms. The lowest BCUT2D eigenvalue weighted by Gasteiger charge is -2.11. The zero-order valence-electron chi connectivity index (χ0n) is 12.8. The number of carbonyl (C=O) groups is 2. The summed E-state index contributed by atoms with van der Waals surface area (Å²) in [5.74, 6) is -1.53. The Morgan fingerprint density at radius 3 is 2.44 bits per heavy atom. The van der Waals surface area contributed by atoms with E-state index >= 15 is 0 Å². The molecule has 1 aliphatic heterocycles. The Kier molecular flexibility index (Phi) is 4.30. The lowest BCUT2D eigenvalue weighted by atomic mass is 10.2. The summed E-state index contributed by atoms with van der Waals surface area (Å²) in [6, 6.07) is 15.1. The van der Waals surface area contributed by atoms with E-state index in [-0.39, 0.29) is 11.3 Å². The van der Waals surface area contributed by atoms with Crippen molar-refractivity contribution in [1.82, 2.24) is 0 Å². The van der Waals surface area contributed by atoms with E-state index in [1.165, 1.54) is 24.3 Å². The first-order chi connectivity index (χ1) is 12.1. The third-order valence-electron chi connectivity index (χ3n) is 3.43. The van der Waals surface area contributed by atoms with E-state index in [0.717, 1.165) is 5.01 Å². The summed E-state index contributed by atoms with van der Waals surface area (Å²) in [6.07, 6.45) is 0. The minimum atomic E-state index is -1.12. The molecule has 1 N–H and O–H groups in total. The number of amides is 1. The summed E-state index contributed by atoms with van der Waals surface area (Å²) in [5, 5.41) is 31.0. The highest BCUT2D eigenvalue weighted by atomic mass is 16.4. The number of hydrazone groups is 1. The topological polar surface area (TPSA) is 118 Å². The Balaban J connectivity index is 1.82. The van der Waals surface area contributed by atoms with Gasteiger partial charge in [0.25, 0.3) is 5.91 Å². The molecule has 0 spiro atoms. The molecule has 1 atom stereocenters. The number of carboxylic acids is 1.